The van der Waals surface area contributed by atoms with E-state index in [1.54, 1.807) is 0 Å². The highest BCUT2D eigenvalue weighted by molar-refractivity contribution is 6.22. The molecule has 0 aliphatic carbocycles. The Bertz CT molecular complexity index is 716. The standard InChI is InChI=1S/C17H21N3O5/c1-3-4-5-6-11(2)18-15(21)10-19-16(22)13-8-7-12(20(24)25)9-14(13)17(19)23/h7-9,11H,3-6,10H2,1-2H3,(H,18,21)/t11-/m0/s1. The van der Waals surface area contributed by atoms with Crippen molar-refractivity contribution in [2.75, 3.05) is 6.54 Å². The van der Waals surface area contributed by atoms with Crippen molar-refractivity contribution < 1.29 is 19.3 Å². The lowest BCUT2D eigenvalue weighted by Crippen LogP contribution is -2.43. The van der Waals surface area contributed by atoms with Crippen LogP contribution in [0.25, 0.3) is 0 Å². The van der Waals surface area contributed by atoms with Gasteiger partial charge in [-0.05, 0) is 19.4 Å². The average Bonchev–Trinajstić information content (AvgIpc) is 2.79. The van der Waals surface area contributed by atoms with Crippen LogP contribution in [0.3, 0.4) is 0 Å². The number of carbonyl (C=O) groups excluding carboxylic acids is 3. The van der Waals surface area contributed by atoms with Gasteiger partial charge in [0, 0.05) is 18.2 Å². The molecule has 2 rings (SSSR count). The molecule has 0 bridgehead atoms. The highest BCUT2D eigenvalue weighted by Gasteiger charge is 2.37. The molecule has 0 aromatic heterocycles. The number of unbranched alkanes of at least 4 members (excludes halogenated alkanes) is 2. The summed E-state index contributed by atoms with van der Waals surface area (Å²) in [5.41, 5.74) is -0.224. The molecule has 1 heterocycles. The van der Waals surface area contributed by atoms with Gasteiger partial charge in [-0.25, -0.2) is 0 Å². The lowest BCUT2D eigenvalue weighted by molar-refractivity contribution is -0.384. The predicted octanol–water partition coefficient (Wildman–Crippen LogP) is 2.28. The Morgan fingerprint density at radius 1 is 1.24 bits per heavy atom. The quantitative estimate of drug-likeness (QED) is 0.336. The lowest BCUT2D eigenvalue weighted by atomic mass is 10.1. The molecule has 0 spiro atoms. The van der Waals surface area contributed by atoms with Crippen LogP contribution in [0.4, 0.5) is 5.69 Å². The molecule has 1 aromatic rings. The normalized spacial score (nSPS) is 14.4. The monoisotopic (exact) mass is 347 g/mol. The van der Waals surface area contributed by atoms with E-state index < -0.39 is 29.2 Å². The number of benzene rings is 1. The summed E-state index contributed by atoms with van der Waals surface area (Å²) < 4.78 is 0. The van der Waals surface area contributed by atoms with Crippen LogP contribution >= 0.6 is 0 Å². The molecule has 8 heteroatoms. The molecule has 0 unspecified atom stereocenters. The van der Waals surface area contributed by atoms with Crippen LogP contribution in [-0.4, -0.2) is 40.1 Å². The molecule has 0 radical (unpaired) electrons. The van der Waals surface area contributed by atoms with Crippen LogP contribution in [0.2, 0.25) is 0 Å². The molecule has 1 N–H and O–H groups in total. The second-order valence-corrected chi connectivity index (χ2v) is 6.15. The van der Waals surface area contributed by atoms with Crippen molar-refractivity contribution >= 4 is 23.4 Å². The number of hydrogen-bond acceptors (Lipinski definition) is 5. The highest BCUT2D eigenvalue weighted by atomic mass is 16.6. The number of nitro groups is 1. The molecule has 1 aliphatic heterocycles. The first-order valence-corrected chi connectivity index (χ1v) is 8.29. The van der Waals surface area contributed by atoms with Crippen molar-refractivity contribution in [1.82, 2.24) is 10.2 Å². The summed E-state index contributed by atoms with van der Waals surface area (Å²) >= 11 is 0. The van der Waals surface area contributed by atoms with Crippen molar-refractivity contribution in [3.8, 4) is 0 Å². The van der Waals surface area contributed by atoms with E-state index in [1.165, 1.54) is 12.1 Å². The van der Waals surface area contributed by atoms with E-state index in [0.717, 1.165) is 36.6 Å². The summed E-state index contributed by atoms with van der Waals surface area (Å²) in [6, 6.07) is 3.44. The minimum Gasteiger partial charge on any atom is -0.352 e. The molecule has 1 aromatic carbocycles. The maximum Gasteiger partial charge on any atom is 0.270 e. The number of fused-ring (bicyclic) bond motifs is 1. The van der Waals surface area contributed by atoms with Crippen molar-refractivity contribution in [3.05, 3.63) is 39.4 Å². The second kappa shape index (κ2) is 7.87. The summed E-state index contributed by atoms with van der Waals surface area (Å²) in [6.07, 6.45) is 3.99. The zero-order valence-electron chi connectivity index (χ0n) is 14.3. The molecule has 25 heavy (non-hydrogen) atoms. The van der Waals surface area contributed by atoms with E-state index in [-0.39, 0.29) is 22.9 Å². The van der Waals surface area contributed by atoms with Crippen LogP contribution in [0.15, 0.2) is 18.2 Å². The van der Waals surface area contributed by atoms with Gasteiger partial charge >= 0.3 is 0 Å². The molecule has 134 valence electrons. The third-order valence-corrected chi connectivity index (χ3v) is 4.11. The largest absolute Gasteiger partial charge is 0.352 e. The van der Waals surface area contributed by atoms with Gasteiger partial charge in [0.05, 0.1) is 16.1 Å². The van der Waals surface area contributed by atoms with E-state index in [9.17, 15) is 24.5 Å². The first kappa shape index (κ1) is 18.6. The van der Waals surface area contributed by atoms with E-state index in [1.807, 2.05) is 6.92 Å². The van der Waals surface area contributed by atoms with Gasteiger partial charge in [0.25, 0.3) is 17.5 Å². The number of hydrogen-bond donors (Lipinski definition) is 1. The Labute approximate surface area is 145 Å². The van der Waals surface area contributed by atoms with Gasteiger partial charge in [-0.1, -0.05) is 26.2 Å². The number of carbonyl (C=O) groups is 3. The number of nitrogens with zero attached hydrogens (tertiary/aromatic N) is 2. The Morgan fingerprint density at radius 3 is 2.56 bits per heavy atom. The van der Waals surface area contributed by atoms with Crippen molar-refractivity contribution in [2.45, 2.75) is 45.6 Å². The Hall–Kier alpha value is -2.77. The number of rotatable bonds is 8. The van der Waals surface area contributed by atoms with Gasteiger partial charge in [0.1, 0.15) is 6.54 Å². The van der Waals surface area contributed by atoms with E-state index in [4.69, 9.17) is 0 Å². The molecule has 0 saturated carbocycles. The molecule has 0 saturated heterocycles. The number of imide groups is 1. The maximum absolute atomic E-state index is 12.3. The molecule has 1 aliphatic rings. The van der Waals surface area contributed by atoms with Crippen LogP contribution in [0.1, 0.15) is 60.2 Å². The lowest BCUT2D eigenvalue weighted by Gasteiger charge is -2.17. The summed E-state index contributed by atoms with van der Waals surface area (Å²) in [5.74, 6) is -1.71. The van der Waals surface area contributed by atoms with Gasteiger partial charge in [0.2, 0.25) is 5.91 Å². The second-order valence-electron chi connectivity index (χ2n) is 6.15. The van der Waals surface area contributed by atoms with Gasteiger partial charge in [-0.2, -0.15) is 0 Å². The van der Waals surface area contributed by atoms with Gasteiger partial charge in [-0.3, -0.25) is 29.4 Å². The van der Waals surface area contributed by atoms with E-state index in [2.05, 4.69) is 12.2 Å². The van der Waals surface area contributed by atoms with Gasteiger partial charge in [-0.15, -0.1) is 0 Å². The van der Waals surface area contributed by atoms with Crippen molar-refractivity contribution in [1.29, 1.82) is 0 Å². The molecule has 8 nitrogen and oxygen atoms in total. The molecular formula is C17H21N3O5. The van der Waals surface area contributed by atoms with Crippen LogP contribution in [0, 0.1) is 10.1 Å². The Kier molecular flexibility index (Phi) is 5.84. The van der Waals surface area contributed by atoms with Crippen molar-refractivity contribution in [2.24, 2.45) is 0 Å². The van der Waals surface area contributed by atoms with Crippen LogP contribution in [-0.2, 0) is 4.79 Å². The number of non-ortho nitro benzene ring substituents is 1. The summed E-state index contributed by atoms with van der Waals surface area (Å²) in [6.45, 7) is 3.58. The van der Waals surface area contributed by atoms with Gasteiger partial charge in [0.15, 0.2) is 0 Å². The zero-order valence-corrected chi connectivity index (χ0v) is 14.3. The highest BCUT2D eigenvalue weighted by Crippen LogP contribution is 2.26. The number of nitro benzene ring substituents is 1. The van der Waals surface area contributed by atoms with Gasteiger partial charge < -0.3 is 5.32 Å². The van der Waals surface area contributed by atoms with E-state index in [0.29, 0.717) is 0 Å². The fourth-order valence-corrected chi connectivity index (χ4v) is 2.77. The SMILES string of the molecule is CCCCC[C@H](C)NC(=O)CN1C(=O)c2ccc([N+](=O)[O-])cc2C1=O. The number of amides is 3. The summed E-state index contributed by atoms with van der Waals surface area (Å²) in [4.78, 5) is 47.7. The third kappa shape index (κ3) is 4.20. The summed E-state index contributed by atoms with van der Waals surface area (Å²) in [7, 11) is 0. The number of nitrogens with one attached hydrogen (secondary N) is 1. The Balaban J connectivity index is 2.01. The molecule has 3 amide bonds. The minimum atomic E-state index is -0.683. The third-order valence-electron chi connectivity index (χ3n) is 4.11. The average molecular weight is 347 g/mol. The minimum absolute atomic E-state index is 0.0389. The maximum atomic E-state index is 12.3. The smallest absolute Gasteiger partial charge is 0.270 e. The Morgan fingerprint density at radius 2 is 1.92 bits per heavy atom. The van der Waals surface area contributed by atoms with Crippen LogP contribution in [0.5, 0.6) is 0 Å². The molecule has 0 fully saturated rings. The summed E-state index contributed by atoms with van der Waals surface area (Å²) in [5, 5.41) is 13.6. The predicted molar refractivity (Wildman–Crippen MR) is 90.2 cm³/mol. The fourth-order valence-electron chi connectivity index (χ4n) is 2.77. The fraction of sp³-hybridized carbons (Fsp3) is 0.471. The van der Waals surface area contributed by atoms with Crippen molar-refractivity contribution in [3.63, 3.8) is 0 Å². The molecule has 1 atom stereocenters. The molecular weight excluding hydrogens is 326 g/mol. The topological polar surface area (TPSA) is 110 Å². The van der Waals surface area contributed by atoms with Crippen LogP contribution < -0.4 is 5.32 Å². The first-order chi connectivity index (χ1) is 11.8. The first-order valence-electron chi connectivity index (χ1n) is 8.29. The zero-order chi connectivity index (χ0) is 18.6. The van der Waals surface area contributed by atoms with E-state index >= 15 is 0 Å².